The number of aromatic hydroxyl groups is 2. The SMILES string of the molecule is C=C(C)C1CC(O)C(C)=CC1c1c(O)cc(-c2cccnc2OC(F)F)cc1O. The number of ether oxygens (including phenoxy) is 1. The molecular formula is C22H23F2NO4. The van der Waals surface area contributed by atoms with Gasteiger partial charge in [-0.3, -0.25) is 0 Å². The first kappa shape index (κ1) is 20.8. The van der Waals surface area contributed by atoms with Crippen molar-refractivity contribution in [3.8, 4) is 28.5 Å². The van der Waals surface area contributed by atoms with Gasteiger partial charge in [-0.1, -0.05) is 18.2 Å². The average Bonchev–Trinajstić information content (AvgIpc) is 2.63. The molecule has 3 unspecified atom stereocenters. The molecule has 29 heavy (non-hydrogen) atoms. The molecule has 1 aromatic heterocycles. The first-order valence-corrected chi connectivity index (χ1v) is 9.16. The number of hydrogen-bond acceptors (Lipinski definition) is 5. The summed E-state index contributed by atoms with van der Waals surface area (Å²) in [6, 6.07) is 5.82. The number of halogens is 2. The zero-order valence-electron chi connectivity index (χ0n) is 16.1. The van der Waals surface area contributed by atoms with E-state index in [0.717, 1.165) is 11.1 Å². The molecule has 1 heterocycles. The van der Waals surface area contributed by atoms with Crippen molar-refractivity contribution in [2.45, 2.75) is 38.9 Å². The molecule has 0 radical (unpaired) electrons. The lowest BCUT2D eigenvalue weighted by atomic mass is 9.72. The van der Waals surface area contributed by atoms with E-state index in [1.807, 2.05) is 13.0 Å². The summed E-state index contributed by atoms with van der Waals surface area (Å²) in [7, 11) is 0. The molecule has 0 saturated heterocycles. The average molecular weight is 403 g/mol. The van der Waals surface area contributed by atoms with Gasteiger partial charge in [0.05, 0.1) is 6.10 Å². The van der Waals surface area contributed by atoms with Crippen molar-refractivity contribution in [2.24, 2.45) is 5.92 Å². The molecule has 0 amide bonds. The van der Waals surface area contributed by atoms with Gasteiger partial charge in [-0.05, 0) is 61.6 Å². The molecule has 1 aromatic carbocycles. The Hall–Kier alpha value is -2.93. The maximum absolute atomic E-state index is 12.7. The van der Waals surface area contributed by atoms with Crippen molar-refractivity contribution in [3.05, 3.63) is 59.8 Å². The minimum atomic E-state index is -3.05. The third kappa shape index (κ3) is 4.24. The highest BCUT2D eigenvalue weighted by Crippen LogP contribution is 2.48. The summed E-state index contributed by atoms with van der Waals surface area (Å²) in [6.07, 6.45) is 2.95. The van der Waals surface area contributed by atoms with Crippen LogP contribution in [0, 0.1) is 5.92 Å². The minimum Gasteiger partial charge on any atom is -0.507 e. The first-order valence-electron chi connectivity index (χ1n) is 9.16. The van der Waals surface area contributed by atoms with E-state index >= 15 is 0 Å². The molecule has 0 spiro atoms. The van der Waals surface area contributed by atoms with Crippen LogP contribution < -0.4 is 4.74 Å². The third-order valence-electron chi connectivity index (χ3n) is 5.26. The topological polar surface area (TPSA) is 82.8 Å². The third-order valence-corrected chi connectivity index (χ3v) is 5.26. The van der Waals surface area contributed by atoms with Gasteiger partial charge in [-0.15, -0.1) is 0 Å². The summed E-state index contributed by atoms with van der Waals surface area (Å²) in [6.45, 7) is 4.55. The summed E-state index contributed by atoms with van der Waals surface area (Å²) in [5.74, 6) is -1.24. The van der Waals surface area contributed by atoms with Crippen molar-refractivity contribution in [1.29, 1.82) is 0 Å². The fourth-order valence-electron chi connectivity index (χ4n) is 3.78. The largest absolute Gasteiger partial charge is 0.507 e. The molecule has 0 fully saturated rings. The van der Waals surface area contributed by atoms with E-state index in [1.165, 1.54) is 24.4 Å². The quantitative estimate of drug-likeness (QED) is 0.628. The predicted octanol–water partition coefficient (Wildman–Crippen LogP) is 4.75. The van der Waals surface area contributed by atoms with Crippen LogP contribution in [0.2, 0.25) is 0 Å². The smallest absolute Gasteiger partial charge is 0.388 e. The van der Waals surface area contributed by atoms with Gasteiger partial charge in [0.15, 0.2) is 0 Å². The number of hydrogen-bond donors (Lipinski definition) is 3. The molecular weight excluding hydrogens is 380 g/mol. The monoisotopic (exact) mass is 403 g/mol. The number of aliphatic hydroxyl groups excluding tert-OH is 1. The number of phenols is 2. The van der Waals surface area contributed by atoms with Crippen LogP contribution in [0.3, 0.4) is 0 Å². The van der Waals surface area contributed by atoms with Crippen LogP contribution in [0.5, 0.6) is 17.4 Å². The van der Waals surface area contributed by atoms with E-state index in [2.05, 4.69) is 16.3 Å². The van der Waals surface area contributed by atoms with Crippen molar-refractivity contribution in [2.75, 3.05) is 0 Å². The second-order valence-electron chi connectivity index (χ2n) is 7.30. The van der Waals surface area contributed by atoms with Crippen molar-refractivity contribution in [3.63, 3.8) is 0 Å². The Balaban J connectivity index is 2.09. The van der Waals surface area contributed by atoms with E-state index in [9.17, 15) is 24.1 Å². The Bertz CT molecular complexity index is 935. The van der Waals surface area contributed by atoms with Gasteiger partial charge in [-0.25, -0.2) is 4.98 Å². The molecule has 1 aliphatic rings. The van der Waals surface area contributed by atoms with Gasteiger partial charge < -0.3 is 20.1 Å². The second-order valence-corrected chi connectivity index (χ2v) is 7.30. The summed E-state index contributed by atoms with van der Waals surface area (Å²) >= 11 is 0. The number of rotatable bonds is 5. The number of pyridine rings is 1. The van der Waals surface area contributed by atoms with Gasteiger partial charge >= 0.3 is 6.61 Å². The molecule has 0 saturated carbocycles. The van der Waals surface area contributed by atoms with Crippen LogP contribution >= 0.6 is 0 Å². The molecule has 3 N–H and O–H groups in total. The Morgan fingerprint density at radius 1 is 1.28 bits per heavy atom. The Kier molecular flexibility index (Phi) is 5.88. The standard InChI is InChI=1S/C22H23F2NO4/c1-11(2)15-10-17(26)12(3)7-16(15)20-18(27)8-13(9-19(20)28)14-5-4-6-25-21(14)29-22(23)24/h4-9,15-17,22,26-28H,1,10H2,2-3H3. The molecule has 2 aromatic rings. The van der Waals surface area contributed by atoms with E-state index in [1.54, 1.807) is 13.0 Å². The normalized spacial score (nSPS) is 21.7. The zero-order chi connectivity index (χ0) is 21.3. The molecule has 3 rings (SSSR count). The van der Waals surface area contributed by atoms with Crippen molar-refractivity contribution < 1.29 is 28.8 Å². The molecule has 0 bridgehead atoms. The predicted molar refractivity (Wildman–Crippen MR) is 105 cm³/mol. The number of allylic oxidation sites excluding steroid dienone is 2. The van der Waals surface area contributed by atoms with Gasteiger partial charge in [0, 0.05) is 23.2 Å². The lowest BCUT2D eigenvalue weighted by Crippen LogP contribution is -2.26. The second kappa shape index (κ2) is 8.21. The Morgan fingerprint density at radius 3 is 2.52 bits per heavy atom. The first-order chi connectivity index (χ1) is 13.7. The van der Waals surface area contributed by atoms with Gasteiger partial charge in [0.25, 0.3) is 0 Å². The lowest BCUT2D eigenvalue weighted by Gasteiger charge is -2.34. The van der Waals surface area contributed by atoms with Crippen LogP contribution in [0.25, 0.3) is 11.1 Å². The molecule has 0 aliphatic heterocycles. The minimum absolute atomic E-state index is 0.174. The maximum Gasteiger partial charge on any atom is 0.388 e. The lowest BCUT2D eigenvalue weighted by molar-refractivity contribution is -0.0524. The van der Waals surface area contributed by atoms with Crippen LogP contribution in [-0.2, 0) is 0 Å². The molecule has 5 nitrogen and oxygen atoms in total. The highest BCUT2D eigenvalue weighted by molar-refractivity contribution is 5.73. The number of nitrogens with zero attached hydrogens (tertiary/aromatic N) is 1. The summed E-state index contributed by atoms with van der Waals surface area (Å²) < 4.78 is 29.8. The van der Waals surface area contributed by atoms with Crippen molar-refractivity contribution >= 4 is 0 Å². The van der Waals surface area contributed by atoms with Crippen LogP contribution in [0.4, 0.5) is 8.78 Å². The van der Waals surface area contributed by atoms with Crippen LogP contribution in [0.1, 0.15) is 31.7 Å². The van der Waals surface area contributed by atoms with Crippen LogP contribution in [0.15, 0.2) is 54.3 Å². The summed E-state index contributed by atoms with van der Waals surface area (Å²) in [5, 5.41) is 31.6. The van der Waals surface area contributed by atoms with Crippen LogP contribution in [-0.4, -0.2) is 33.0 Å². The van der Waals surface area contributed by atoms with E-state index in [0.29, 0.717) is 12.0 Å². The van der Waals surface area contributed by atoms with E-state index in [-0.39, 0.29) is 40.3 Å². The maximum atomic E-state index is 12.7. The molecule has 7 heteroatoms. The van der Waals surface area contributed by atoms with E-state index < -0.39 is 12.7 Å². The van der Waals surface area contributed by atoms with Gasteiger partial charge in [-0.2, -0.15) is 8.78 Å². The number of alkyl halides is 2. The number of phenolic OH excluding ortho intramolecular Hbond substituents is 2. The Morgan fingerprint density at radius 2 is 1.93 bits per heavy atom. The van der Waals surface area contributed by atoms with E-state index in [4.69, 9.17) is 0 Å². The zero-order valence-corrected chi connectivity index (χ0v) is 16.1. The number of benzene rings is 1. The molecule has 154 valence electrons. The number of aromatic nitrogens is 1. The van der Waals surface area contributed by atoms with Crippen molar-refractivity contribution in [1.82, 2.24) is 4.98 Å². The number of aliphatic hydroxyl groups is 1. The van der Waals surface area contributed by atoms with Gasteiger partial charge in [0.1, 0.15) is 11.5 Å². The Labute approximate surface area is 167 Å². The van der Waals surface area contributed by atoms with Gasteiger partial charge in [0.2, 0.25) is 5.88 Å². The molecule has 1 aliphatic carbocycles. The molecule has 3 atom stereocenters. The summed E-state index contributed by atoms with van der Waals surface area (Å²) in [5.41, 5.74) is 2.37. The fraction of sp³-hybridized carbons (Fsp3) is 0.318. The highest BCUT2D eigenvalue weighted by Gasteiger charge is 2.33. The fourth-order valence-corrected chi connectivity index (χ4v) is 3.78. The summed E-state index contributed by atoms with van der Waals surface area (Å²) in [4.78, 5) is 3.81. The highest BCUT2D eigenvalue weighted by atomic mass is 19.3.